The number of carbonyl (C=O) groups is 1. The fourth-order valence-electron chi connectivity index (χ4n) is 1.61. The van der Waals surface area contributed by atoms with Crippen molar-refractivity contribution in [3.05, 3.63) is 36.3 Å². The molecule has 1 aromatic rings. The molecule has 0 aliphatic heterocycles. The van der Waals surface area contributed by atoms with Crippen LogP contribution in [0, 0.1) is 11.7 Å². The van der Waals surface area contributed by atoms with Crippen molar-refractivity contribution < 1.29 is 9.18 Å². The number of halogens is 1. The SMILES string of the molecule is O=CC1C=CC(Sc2ccc(F)cn2)CC1. The molecule has 0 radical (unpaired) electrons. The molecule has 0 spiro atoms. The fourth-order valence-corrected chi connectivity index (χ4v) is 2.61. The zero-order valence-corrected chi connectivity index (χ0v) is 9.49. The van der Waals surface area contributed by atoms with Crippen LogP contribution in [0.5, 0.6) is 0 Å². The van der Waals surface area contributed by atoms with E-state index in [1.54, 1.807) is 17.8 Å². The molecule has 0 fully saturated rings. The second-order valence-electron chi connectivity index (χ2n) is 3.73. The van der Waals surface area contributed by atoms with Gasteiger partial charge >= 0.3 is 0 Å². The lowest BCUT2D eigenvalue weighted by Crippen LogP contribution is -2.11. The van der Waals surface area contributed by atoms with Crippen LogP contribution in [0.3, 0.4) is 0 Å². The molecule has 2 rings (SSSR count). The fraction of sp³-hybridized carbons (Fsp3) is 0.333. The van der Waals surface area contributed by atoms with Gasteiger partial charge in [0.2, 0.25) is 0 Å². The zero-order chi connectivity index (χ0) is 11.4. The maximum Gasteiger partial charge on any atom is 0.141 e. The van der Waals surface area contributed by atoms with E-state index >= 15 is 0 Å². The number of rotatable bonds is 3. The van der Waals surface area contributed by atoms with Gasteiger partial charge in [-0.3, -0.25) is 0 Å². The molecule has 0 amide bonds. The average Bonchev–Trinajstić information content (AvgIpc) is 2.33. The quantitative estimate of drug-likeness (QED) is 0.598. The van der Waals surface area contributed by atoms with Crippen LogP contribution in [0.1, 0.15) is 12.8 Å². The van der Waals surface area contributed by atoms with Crippen LogP contribution in [0.2, 0.25) is 0 Å². The number of aromatic nitrogens is 1. The molecule has 2 unspecified atom stereocenters. The van der Waals surface area contributed by atoms with Crippen LogP contribution >= 0.6 is 11.8 Å². The Morgan fingerprint density at radius 2 is 2.25 bits per heavy atom. The largest absolute Gasteiger partial charge is 0.303 e. The number of aldehydes is 1. The van der Waals surface area contributed by atoms with Crippen molar-refractivity contribution in [1.29, 1.82) is 0 Å². The number of thioether (sulfide) groups is 1. The maximum atomic E-state index is 12.6. The van der Waals surface area contributed by atoms with Crippen molar-refractivity contribution in [2.45, 2.75) is 23.1 Å². The Labute approximate surface area is 98.0 Å². The lowest BCUT2D eigenvalue weighted by atomic mass is 9.97. The number of carbonyl (C=O) groups excluding carboxylic acids is 1. The van der Waals surface area contributed by atoms with Gasteiger partial charge in [0.25, 0.3) is 0 Å². The third-order valence-electron chi connectivity index (χ3n) is 2.50. The Morgan fingerprint density at radius 3 is 2.81 bits per heavy atom. The van der Waals surface area contributed by atoms with Gasteiger partial charge in [-0.2, -0.15) is 0 Å². The number of nitrogens with zero attached hydrogens (tertiary/aromatic N) is 1. The summed E-state index contributed by atoms with van der Waals surface area (Å²) in [4.78, 5) is 14.5. The highest BCUT2D eigenvalue weighted by molar-refractivity contribution is 8.00. The topological polar surface area (TPSA) is 30.0 Å². The van der Waals surface area contributed by atoms with Crippen molar-refractivity contribution in [3.63, 3.8) is 0 Å². The monoisotopic (exact) mass is 237 g/mol. The molecule has 84 valence electrons. The molecule has 0 bridgehead atoms. The van der Waals surface area contributed by atoms with E-state index in [4.69, 9.17) is 0 Å². The van der Waals surface area contributed by atoms with Gasteiger partial charge in [-0.15, -0.1) is 0 Å². The summed E-state index contributed by atoms with van der Waals surface area (Å²) in [6.07, 6.45) is 8.04. The normalized spacial score (nSPS) is 24.3. The minimum Gasteiger partial charge on any atom is -0.303 e. The third kappa shape index (κ3) is 2.92. The highest BCUT2D eigenvalue weighted by atomic mass is 32.2. The molecule has 2 atom stereocenters. The summed E-state index contributed by atoms with van der Waals surface area (Å²) in [5.74, 6) is -0.248. The molecule has 1 aliphatic rings. The lowest BCUT2D eigenvalue weighted by molar-refractivity contribution is -0.110. The summed E-state index contributed by atoms with van der Waals surface area (Å²) in [5.41, 5.74) is 0. The second-order valence-corrected chi connectivity index (χ2v) is 4.99. The van der Waals surface area contributed by atoms with E-state index in [2.05, 4.69) is 4.98 Å². The van der Waals surface area contributed by atoms with Crippen molar-refractivity contribution in [2.75, 3.05) is 0 Å². The molecule has 1 aromatic heterocycles. The lowest BCUT2D eigenvalue weighted by Gasteiger charge is -2.18. The molecule has 0 N–H and O–H groups in total. The maximum absolute atomic E-state index is 12.6. The average molecular weight is 237 g/mol. The summed E-state index contributed by atoms with van der Waals surface area (Å²) in [6.45, 7) is 0. The molecular weight excluding hydrogens is 225 g/mol. The Bertz CT molecular complexity index is 391. The summed E-state index contributed by atoms with van der Waals surface area (Å²) in [7, 11) is 0. The van der Waals surface area contributed by atoms with Crippen LogP contribution in [0.25, 0.3) is 0 Å². The van der Waals surface area contributed by atoms with Gasteiger partial charge in [0.15, 0.2) is 0 Å². The van der Waals surface area contributed by atoms with Crippen LogP contribution in [0.15, 0.2) is 35.5 Å². The summed E-state index contributed by atoms with van der Waals surface area (Å²) >= 11 is 1.61. The predicted molar refractivity (Wildman–Crippen MR) is 61.8 cm³/mol. The van der Waals surface area contributed by atoms with E-state index in [9.17, 15) is 9.18 Å². The van der Waals surface area contributed by atoms with Gasteiger partial charge in [0.1, 0.15) is 12.1 Å². The van der Waals surface area contributed by atoms with Crippen LogP contribution in [-0.4, -0.2) is 16.5 Å². The van der Waals surface area contributed by atoms with Crippen LogP contribution < -0.4 is 0 Å². The molecule has 1 heterocycles. The minimum absolute atomic E-state index is 0.0676. The van der Waals surface area contributed by atoms with E-state index in [0.29, 0.717) is 5.25 Å². The Kier molecular flexibility index (Phi) is 3.72. The second kappa shape index (κ2) is 5.25. The van der Waals surface area contributed by atoms with Gasteiger partial charge in [0, 0.05) is 11.2 Å². The van der Waals surface area contributed by atoms with E-state index < -0.39 is 0 Å². The number of pyridine rings is 1. The first-order valence-electron chi connectivity index (χ1n) is 5.20. The van der Waals surface area contributed by atoms with Crippen molar-refractivity contribution in [1.82, 2.24) is 4.98 Å². The summed E-state index contributed by atoms with van der Waals surface area (Å²) in [5, 5.41) is 1.16. The van der Waals surface area contributed by atoms with Crippen molar-refractivity contribution >= 4 is 18.0 Å². The Balaban J connectivity index is 1.96. The Morgan fingerprint density at radius 1 is 1.38 bits per heavy atom. The van der Waals surface area contributed by atoms with E-state index in [-0.39, 0.29) is 11.7 Å². The van der Waals surface area contributed by atoms with Gasteiger partial charge in [0.05, 0.1) is 11.2 Å². The van der Waals surface area contributed by atoms with Crippen molar-refractivity contribution in [2.24, 2.45) is 5.92 Å². The highest BCUT2D eigenvalue weighted by Gasteiger charge is 2.16. The molecule has 4 heteroatoms. The van der Waals surface area contributed by atoms with Gasteiger partial charge < -0.3 is 4.79 Å². The molecule has 16 heavy (non-hydrogen) atoms. The smallest absolute Gasteiger partial charge is 0.141 e. The van der Waals surface area contributed by atoms with E-state index in [1.807, 2.05) is 12.2 Å². The standard InChI is InChI=1S/C12H12FNOS/c13-10-3-6-12(14-7-10)16-11-4-1-9(8-15)2-5-11/h1,3-4,6-9,11H,2,5H2. The predicted octanol–water partition coefficient (Wildman–Crippen LogP) is 2.85. The van der Waals surface area contributed by atoms with E-state index in [1.165, 1.54) is 12.3 Å². The number of hydrogen-bond donors (Lipinski definition) is 0. The summed E-state index contributed by atoms with van der Waals surface area (Å²) in [6, 6.07) is 3.09. The third-order valence-corrected chi connectivity index (χ3v) is 3.68. The van der Waals surface area contributed by atoms with Crippen LogP contribution in [-0.2, 0) is 4.79 Å². The molecular formula is C12H12FNOS. The number of allylic oxidation sites excluding steroid dienone is 1. The van der Waals surface area contributed by atoms with Crippen molar-refractivity contribution in [3.8, 4) is 0 Å². The summed E-state index contributed by atoms with van der Waals surface area (Å²) < 4.78 is 12.6. The molecule has 1 aliphatic carbocycles. The Hall–Kier alpha value is -1.16. The highest BCUT2D eigenvalue weighted by Crippen LogP contribution is 2.30. The van der Waals surface area contributed by atoms with Crippen LogP contribution in [0.4, 0.5) is 4.39 Å². The first-order valence-corrected chi connectivity index (χ1v) is 6.08. The van der Waals surface area contributed by atoms with E-state index in [0.717, 1.165) is 24.2 Å². The molecule has 0 saturated heterocycles. The number of hydrogen-bond acceptors (Lipinski definition) is 3. The first-order chi connectivity index (χ1) is 7.78. The van der Waals surface area contributed by atoms with Gasteiger partial charge in [-0.1, -0.05) is 23.9 Å². The minimum atomic E-state index is -0.315. The zero-order valence-electron chi connectivity index (χ0n) is 8.67. The molecule has 0 saturated carbocycles. The van der Waals surface area contributed by atoms with Gasteiger partial charge in [-0.25, -0.2) is 9.37 Å². The molecule has 0 aromatic carbocycles. The first kappa shape index (κ1) is 11.3. The molecule has 2 nitrogen and oxygen atoms in total. The van der Waals surface area contributed by atoms with Gasteiger partial charge in [-0.05, 0) is 25.0 Å².